The first kappa shape index (κ1) is 21.7. The largest absolute Gasteiger partial charge is 0.493 e. The first-order valence-corrected chi connectivity index (χ1v) is 9.83. The molecule has 2 amide bonds. The zero-order valence-electron chi connectivity index (χ0n) is 17.0. The van der Waals surface area contributed by atoms with Crippen molar-refractivity contribution in [1.29, 1.82) is 0 Å². The van der Waals surface area contributed by atoms with Crippen LogP contribution in [0.2, 0.25) is 0 Å². The van der Waals surface area contributed by atoms with Gasteiger partial charge in [0.2, 0.25) is 0 Å². The molecule has 8 heteroatoms. The van der Waals surface area contributed by atoms with Crippen molar-refractivity contribution in [2.75, 3.05) is 20.8 Å². The summed E-state index contributed by atoms with van der Waals surface area (Å²) in [6.07, 6.45) is 3.07. The molecule has 0 saturated heterocycles. The maximum atomic E-state index is 12.4. The van der Waals surface area contributed by atoms with E-state index in [2.05, 4.69) is 15.4 Å². The first-order valence-electron chi connectivity index (χ1n) is 9.83. The third-order valence-corrected chi connectivity index (χ3v) is 5.11. The van der Waals surface area contributed by atoms with Gasteiger partial charge < -0.3 is 24.8 Å². The third-order valence-electron chi connectivity index (χ3n) is 5.11. The van der Waals surface area contributed by atoms with Gasteiger partial charge in [-0.2, -0.15) is 8.78 Å². The molecule has 1 aliphatic rings. The van der Waals surface area contributed by atoms with Crippen molar-refractivity contribution in [3.05, 3.63) is 53.1 Å². The lowest BCUT2D eigenvalue weighted by Gasteiger charge is -2.27. The van der Waals surface area contributed by atoms with Crippen LogP contribution in [0.4, 0.5) is 13.6 Å². The molecule has 1 aliphatic carbocycles. The highest BCUT2D eigenvalue weighted by Crippen LogP contribution is 2.32. The lowest BCUT2D eigenvalue weighted by Crippen LogP contribution is -2.39. The zero-order valence-corrected chi connectivity index (χ0v) is 17.0. The number of hydrogen-bond donors (Lipinski definition) is 2. The number of benzene rings is 2. The summed E-state index contributed by atoms with van der Waals surface area (Å²) < 4.78 is 39.8. The van der Waals surface area contributed by atoms with Crippen LogP contribution >= 0.6 is 0 Å². The maximum absolute atomic E-state index is 12.4. The van der Waals surface area contributed by atoms with Gasteiger partial charge in [-0.05, 0) is 66.6 Å². The van der Waals surface area contributed by atoms with Crippen LogP contribution < -0.4 is 24.8 Å². The summed E-state index contributed by atoms with van der Waals surface area (Å²) in [4.78, 5) is 12.4. The second kappa shape index (κ2) is 10.1. The molecular formula is C22H26F2N2O4. The lowest BCUT2D eigenvalue weighted by molar-refractivity contribution is -0.0499. The molecule has 1 atom stereocenters. The van der Waals surface area contributed by atoms with Gasteiger partial charge in [0, 0.05) is 6.54 Å². The number of carbonyl (C=O) groups is 1. The number of urea groups is 1. The second-order valence-corrected chi connectivity index (χ2v) is 7.02. The number of carbonyl (C=O) groups excluding carboxylic acids is 1. The standard InChI is InChI=1S/C22H26F2N2O4/c1-28-19-9-6-14(12-20(19)29-2)10-11-25-22(27)26-18-5-3-4-15-13-16(30-21(23)24)7-8-17(15)18/h6-9,12-13,18,21H,3-5,10-11H2,1-2H3,(H2,25,26,27). The average Bonchev–Trinajstić information content (AvgIpc) is 2.73. The Kier molecular flexibility index (Phi) is 7.32. The number of methoxy groups -OCH3 is 2. The number of ether oxygens (including phenoxy) is 3. The van der Waals surface area contributed by atoms with Gasteiger partial charge in [0.1, 0.15) is 5.75 Å². The molecule has 0 saturated carbocycles. The maximum Gasteiger partial charge on any atom is 0.387 e. The number of aryl methyl sites for hydroxylation is 1. The number of alkyl halides is 2. The van der Waals surface area contributed by atoms with E-state index in [1.807, 2.05) is 18.2 Å². The normalized spacial score (nSPS) is 15.3. The summed E-state index contributed by atoms with van der Waals surface area (Å²) in [5, 5.41) is 5.85. The summed E-state index contributed by atoms with van der Waals surface area (Å²) in [7, 11) is 3.16. The van der Waals surface area contributed by atoms with E-state index in [9.17, 15) is 13.6 Å². The van der Waals surface area contributed by atoms with Crippen LogP contribution in [0.15, 0.2) is 36.4 Å². The summed E-state index contributed by atoms with van der Waals surface area (Å²) in [6.45, 7) is -2.39. The van der Waals surface area contributed by atoms with Crippen LogP contribution in [0.1, 0.15) is 35.6 Å². The highest BCUT2D eigenvalue weighted by Gasteiger charge is 2.22. The number of nitrogens with one attached hydrogen (secondary N) is 2. The Morgan fingerprint density at radius 3 is 2.67 bits per heavy atom. The van der Waals surface area contributed by atoms with Crippen molar-refractivity contribution in [2.45, 2.75) is 38.3 Å². The Morgan fingerprint density at radius 2 is 1.93 bits per heavy atom. The zero-order chi connectivity index (χ0) is 21.5. The monoisotopic (exact) mass is 420 g/mol. The minimum absolute atomic E-state index is 0.142. The Bertz CT molecular complexity index is 876. The van der Waals surface area contributed by atoms with Gasteiger partial charge in [0.25, 0.3) is 0 Å². The molecule has 0 heterocycles. The minimum Gasteiger partial charge on any atom is -0.493 e. The summed E-state index contributed by atoms with van der Waals surface area (Å²) >= 11 is 0. The number of fused-ring (bicyclic) bond motifs is 1. The smallest absolute Gasteiger partial charge is 0.387 e. The second-order valence-electron chi connectivity index (χ2n) is 7.02. The van der Waals surface area contributed by atoms with Gasteiger partial charge in [-0.3, -0.25) is 0 Å². The molecule has 0 radical (unpaired) electrons. The number of rotatable bonds is 8. The van der Waals surface area contributed by atoms with E-state index in [0.717, 1.165) is 36.0 Å². The molecular weight excluding hydrogens is 394 g/mol. The highest BCUT2D eigenvalue weighted by molar-refractivity contribution is 5.74. The van der Waals surface area contributed by atoms with Crippen molar-refractivity contribution in [3.8, 4) is 17.2 Å². The van der Waals surface area contributed by atoms with Gasteiger partial charge in [-0.1, -0.05) is 12.1 Å². The molecule has 2 N–H and O–H groups in total. The topological polar surface area (TPSA) is 68.8 Å². The molecule has 30 heavy (non-hydrogen) atoms. The van der Waals surface area contributed by atoms with E-state index in [1.54, 1.807) is 26.4 Å². The van der Waals surface area contributed by atoms with Crippen LogP contribution in [0.5, 0.6) is 17.2 Å². The summed E-state index contributed by atoms with van der Waals surface area (Å²) in [5.74, 6) is 1.45. The predicted molar refractivity (Wildman–Crippen MR) is 109 cm³/mol. The van der Waals surface area contributed by atoms with Crippen molar-refractivity contribution in [3.63, 3.8) is 0 Å². The molecule has 3 rings (SSSR count). The first-order chi connectivity index (χ1) is 14.5. The van der Waals surface area contributed by atoms with Crippen molar-refractivity contribution < 1.29 is 27.8 Å². The van der Waals surface area contributed by atoms with Crippen molar-refractivity contribution in [1.82, 2.24) is 10.6 Å². The Hall–Kier alpha value is -3.03. The number of amides is 2. The number of halogens is 2. The third kappa shape index (κ3) is 5.52. The molecule has 2 aromatic rings. The van der Waals surface area contributed by atoms with Crippen molar-refractivity contribution >= 4 is 6.03 Å². The molecule has 6 nitrogen and oxygen atoms in total. The molecule has 0 fully saturated rings. The van der Waals surface area contributed by atoms with Crippen molar-refractivity contribution in [2.24, 2.45) is 0 Å². The van der Waals surface area contributed by atoms with Gasteiger partial charge >= 0.3 is 12.6 Å². The van der Waals surface area contributed by atoms with E-state index in [0.29, 0.717) is 24.5 Å². The summed E-state index contributed by atoms with van der Waals surface area (Å²) in [6, 6.07) is 10.1. The fourth-order valence-corrected chi connectivity index (χ4v) is 3.68. The van der Waals surface area contributed by atoms with E-state index in [4.69, 9.17) is 9.47 Å². The van der Waals surface area contributed by atoms with E-state index in [1.165, 1.54) is 6.07 Å². The highest BCUT2D eigenvalue weighted by atomic mass is 19.3. The van der Waals surface area contributed by atoms with E-state index in [-0.39, 0.29) is 17.8 Å². The van der Waals surface area contributed by atoms with Crippen LogP contribution in [0, 0.1) is 0 Å². The molecule has 162 valence electrons. The molecule has 2 aromatic carbocycles. The Morgan fingerprint density at radius 1 is 1.13 bits per heavy atom. The molecule has 0 aliphatic heterocycles. The lowest BCUT2D eigenvalue weighted by atomic mass is 9.87. The Balaban J connectivity index is 1.53. The van der Waals surface area contributed by atoms with Crippen LogP contribution in [-0.4, -0.2) is 33.4 Å². The van der Waals surface area contributed by atoms with Gasteiger partial charge in [-0.25, -0.2) is 4.79 Å². The molecule has 0 spiro atoms. The molecule has 0 aromatic heterocycles. The summed E-state index contributed by atoms with van der Waals surface area (Å²) in [5.41, 5.74) is 2.88. The van der Waals surface area contributed by atoms with Gasteiger partial charge in [0.05, 0.1) is 20.3 Å². The minimum atomic E-state index is -2.85. The van der Waals surface area contributed by atoms with Gasteiger partial charge in [0.15, 0.2) is 11.5 Å². The van der Waals surface area contributed by atoms with Crippen LogP contribution in [0.3, 0.4) is 0 Å². The van der Waals surface area contributed by atoms with Crippen LogP contribution in [0.25, 0.3) is 0 Å². The van der Waals surface area contributed by atoms with E-state index >= 15 is 0 Å². The van der Waals surface area contributed by atoms with Gasteiger partial charge in [-0.15, -0.1) is 0 Å². The Labute approximate surface area is 174 Å². The quantitative estimate of drug-likeness (QED) is 0.671. The fraction of sp³-hybridized carbons (Fsp3) is 0.409. The van der Waals surface area contributed by atoms with Crippen LogP contribution in [-0.2, 0) is 12.8 Å². The van der Waals surface area contributed by atoms with E-state index < -0.39 is 6.61 Å². The fourth-order valence-electron chi connectivity index (χ4n) is 3.68. The average molecular weight is 420 g/mol. The molecule has 0 bridgehead atoms. The molecule has 1 unspecified atom stereocenters. The SMILES string of the molecule is COc1ccc(CCNC(=O)NC2CCCc3cc(OC(F)F)ccc32)cc1OC. The predicted octanol–water partition coefficient (Wildman–Crippen LogP) is 4.22. The number of hydrogen-bond acceptors (Lipinski definition) is 4.